The number of hydrogen-bond donors (Lipinski definition) is 1. The molecule has 0 bridgehead atoms. The number of carbonyl (C=O) groups excluding carboxylic acids is 1. The van der Waals surface area contributed by atoms with E-state index in [9.17, 15) is 4.79 Å². The van der Waals surface area contributed by atoms with E-state index in [4.69, 9.17) is 4.74 Å². The van der Waals surface area contributed by atoms with Gasteiger partial charge in [0.25, 0.3) is 5.91 Å². The van der Waals surface area contributed by atoms with Gasteiger partial charge in [0.2, 0.25) is 0 Å². The average molecular weight is 424 g/mol. The molecule has 1 heterocycles. The predicted molar refractivity (Wildman–Crippen MR) is 127 cm³/mol. The maximum Gasteiger partial charge on any atom is 0.251 e. The molecule has 1 atom stereocenters. The summed E-state index contributed by atoms with van der Waals surface area (Å²) in [4.78, 5) is 17.7. The minimum atomic E-state index is -0.0235. The first kappa shape index (κ1) is 23.3. The minimum absolute atomic E-state index is 0.0235. The van der Waals surface area contributed by atoms with Crippen molar-refractivity contribution in [3.05, 3.63) is 65.2 Å². The fourth-order valence-corrected chi connectivity index (χ4v) is 4.40. The maximum absolute atomic E-state index is 12.8. The molecule has 0 aromatic heterocycles. The monoisotopic (exact) mass is 423 g/mol. The highest BCUT2D eigenvalue weighted by atomic mass is 16.5. The van der Waals surface area contributed by atoms with Gasteiger partial charge in [-0.05, 0) is 74.4 Å². The number of likely N-dealkylation sites (N-methyl/N-ethyl adjacent to an activating group) is 1. The first-order valence-corrected chi connectivity index (χ1v) is 11.6. The topological polar surface area (TPSA) is 44.8 Å². The van der Waals surface area contributed by atoms with Crippen LogP contribution in [0.25, 0.3) is 0 Å². The van der Waals surface area contributed by atoms with Crippen LogP contribution < -0.4 is 10.1 Å². The van der Waals surface area contributed by atoms with Gasteiger partial charge in [-0.3, -0.25) is 14.6 Å². The molecular weight excluding hydrogens is 386 g/mol. The second-order valence-corrected chi connectivity index (χ2v) is 8.26. The van der Waals surface area contributed by atoms with Crippen LogP contribution in [0.1, 0.15) is 60.6 Å². The van der Waals surface area contributed by atoms with Crippen LogP contribution in [0.15, 0.2) is 48.5 Å². The number of ether oxygens (including phenoxy) is 1. The fraction of sp³-hybridized carbons (Fsp3) is 0.500. The smallest absolute Gasteiger partial charge is 0.251 e. The number of nitrogens with zero attached hydrogens (tertiary/aromatic N) is 2. The molecule has 1 amide bonds. The summed E-state index contributed by atoms with van der Waals surface area (Å²) in [5.41, 5.74) is 3.14. The summed E-state index contributed by atoms with van der Waals surface area (Å²) in [6.45, 7) is 10.0. The Morgan fingerprint density at radius 2 is 1.77 bits per heavy atom. The van der Waals surface area contributed by atoms with E-state index < -0.39 is 0 Å². The molecule has 0 spiro atoms. The van der Waals surface area contributed by atoms with Crippen LogP contribution in [0.3, 0.4) is 0 Å². The number of hydrogen-bond acceptors (Lipinski definition) is 4. The van der Waals surface area contributed by atoms with Crippen LogP contribution in [0, 0.1) is 0 Å². The Kier molecular flexibility index (Phi) is 8.92. The first-order valence-electron chi connectivity index (χ1n) is 11.6. The van der Waals surface area contributed by atoms with Crippen LogP contribution in [-0.4, -0.2) is 55.5 Å². The van der Waals surface area contributed by atoms with E-state index in [1.54, 1.807) is 7.11 Å². The SMILES string of the molecule is CCN(CC)C(CNC(=O)c1ccc(CN2CCCCC2)cc1)c1cccc(OC)c1. The summed E-state index contributed by atoms with van der Waals surface area (Å²) >= 11 is 0. The average Bonchev–Trinajstić information content (AvgIpc) is 2.82. The lowest BCUT2D eigenvalue weighted by Gasteiger charge is -2.30. The van der Waals surface area contributed by atoms with Gasteiger partial charge in [0.05, 0.1) is 13.2 Å². The molecule has 2 aromatic carbocycles. The van der Waals surface area contributed by atoms with Gasteiger partial charge in [-0.15, -0.1) is 0 Å². The van der Waals surface area contributed by atoms with Crippen molar-refractivity contribution in [3.8, 4) is 5.75 Å². The second kappa shape index (κ2) is 11.9. The number of benzene rings is 2. The molecule has 31 heavy (non-hydrogen) atoms. The highest BCUT2D eigenvalue weighted by Gasteiger charge is 2.20. The lowest BCUT2D eigenvalue weighted by atomic mass is 10.0. The van der Waals surface area contributed by atoms with E-state index in [0.717, 1.165) is 30.9 Å². The van der Waals surface area contributed by atoms with Gasteiger partial charge in [-0.2, -0.15) is 0 Å². The highest BCUT2D eigenvalue weighted by Crippen LogP contribution is 2.24. The molecule has 0 aliphatic carbocycles. The number of rotatable bonds is 10. The Balaban J connectivity index is 1.63. The van der Waals surface area contributed by atoms with E-state index in [-0.39, 0.29) is 11.9 Å². The summed E-state index contributed by atoms with van der Waals surface area (Å²) in [5, 5.41) is 3.15. The molecule has 1 N–H and O–H groups in total. The largest absolute Gasteiger partial charge is 0.497 e. The third kappa shape index (κ3) is 6.55. The standard InChI is InChI=1S/C26H37N3O2/c1-4-29(5-2)25(23-10-9-11-24(18-23)31-3)19-27-26(30)22-14-12-21(13-15-22)20-28-16-7-6-8-17-28/h9-15,18,25H,4-8,16-17,19-20H2,1-3H3,(H,27,30). The Hall–Kier alpha value is -2.37. The summed E-state index contributed by atoms with van der Waals surface area (Å²) in [6.07, 6.45) is 3.93. The molecule has 5 nitrogen and oxygen atoms in total. The number of nitrogens with one attached hydrogen (secondary N) is 1. The lowest BCUT2D eigenvalue weighted by Crippen LogP contribution is -2.38. The van der Waals surface area contributed by atoms with E-state index in [0.29, 0.717) is 12.1 Å². The molecule has 1 aliphatic heterocycles. The molecule has 1 saturated heterocycles. The van der Waals surface area contributed by atoms with Gasteiger partial charge in [0, 0.05) is 18.7 Å². The van der Waals surface area contributed by atoms with Crippen molar-refractivity contribution in [2.45, 2.75) is 45.7 Å². The zero-order valence-electron chi connectivity index (χ0n) is 19.3. The number of likely N-dealkylation sites (tertiary alicyclic amines) is 1. The molecule has 1 unspecified atom stereocenters. The zero-order valence-corrected chi connectivity index (χ0v) is 19.3. The first-order chi connectivity index (χ1) is 15.1. The van der Waals surface area contributed by atoms with E-state index >= 15 is 0 Å². The van der Waals surface area contributed by atoms with E-state index in [1.165, 1.54) is 37.9 Å². The van der Waals surface area contributed by atoms with Crippen molar-refractivity contribution in [3.63, 3.8) is 0 Å². The van der Waals surface area contributed by atoms with Gasteiger partial charge in [0.15, 0.2) is 0 Å². The number of methoxy groups -OCH3 is 1. The van der Waals surface area contributed by atoms with Crippen molar-refractivity contribution in [1.29, 1.82) is 0 Å². The van der Waals surface area contributed by atoms with E-state index in [1.807, 2.05) is 24.3 Å². The molecule has 1 fully saturated rings. The Morgan fingerprint density at radius 1 is 1.06 bits per heavy atom. The van der Waals surface area contributed by atoms with Crippen LogP contribution in [0.5, 0.6) is 5.75 Å². The molecule has 1 aliphatic rings. The predicted octanol–water partition coefficient (Wildman–Crippen LogP) is 4.49. The third-order valence-electron chi connectivity index (χ3n) is 6.26. The van der Waals surface area contributed by atoms with Crippen molar-refractivity contribution in [2.24, 2.45) is 0 Å². The number of piperidine rings is 1. The Bertz CT molecular complexity index is 812. The van der Waals surface area contributed by atoms with Gasteiger partial charge < -0.3 is 10.1 Å². The van der Waals surface area contributed by atoms with E-state index in [2.05, 4.69) is 53.2 Å². The highest BCUT2D eigenvalue weighted by molar-refractivity contribution is 5.94. The summed E-state index contributed by atoms with van der Waals surface area (Å²) < 4.78 is 5.40. The number of carbonyl (C=O) groups is 1. The number of amides is 1. The summed E-state index contributed by atoms with van der Waals surface area (Å²) in [6, 6.07) is 16.3. The van der Waals surface area contributed by atoms with Crippen LogP contribution in [-0.2, 0) is 6.54 Å². The minimum Gasteiger partial charge on any atom is -0.497 e. The fourth-order valence-electron chi connectivity index (χ4n) is 4.40. The summed E-state index contributed by atoms with van der Waals surface area (Å²) in [5.74, 6) is 0.815. The summed E-state index contributed by atoms with van der Waals surface area (Å²) in [7, 11) is 1.68. The maximum atomic E-state index is 12.8. The van der Waals surface area contributed by atoms with Gasteiger partial charge in [-0.1, -0.05) is 44.5 Å². The van der Waals surface area contributed by atoms with Crippen molar-refractivity contribution >= 4 is 5.91 Å². The molecule has 0 radical (unpaired) electrons. The van der Waals surface area contributed by atoms with Crippen molar-refractivity contribution in [1.82, 2.24) is 15.1 Å². The molecule has 0 saturated carbocycles. The molecule has 168 valence electrons. The molecule has 2 aromatic rings. The molecular formula is C26H37N3O2. The quantitative estimate of drug-likeness (QED) is 0.611. The van der Waals surface area contributed by atoms with Crippen molar-refractivity contribution in [2.75, 3.05) is 39.8 Å². The molecule has 3 rings (SSSR count). The van der Waals surface area contributed by atoms with Gasteiger partial charge in [0.1, 0.15) is 5.75 Å². The van der Waals surface area contributed by atoms with Gasteiger partial charge >= 0.3 is 0 Å². The van der Waals surface area contributed by atoms with Gasteiger partial charge in [-0.25, -0.2) is 0 Å². The van der Waals surface area contributed by atoms with Crippen LogP contribution in [0.2, 0.25) is 0 Å². The van der Waals surface area contributed by atoms with Crippen LogP contribution in [0.4, 0.5) is 0 Å². The second-order valence-electron chi connectivity index (χ2n) is 8.26. The third-order valence-corrected chi connectivity index (χ3v) is 6.26. The van der Waals surface area contributed by atoms with Crippen molar-refractivity contribution < 1.29 is 9.53 Å². The zero-order chi connectivity index (χ0) is 22.1. The normalized spacial score (nSPS) is 15.6. The Morgan fingerprint density at radius 3 is 2.42 bits per heavy atom. The van der Waals surface area contributed by atoms with Crippen LogP contribution >= 0.6 is 0 Å². The Labute approximate surface area is 187 Å². The lowest BCUT2D eigenvalue weighted by molar-refractivity contribution is 0.0935. The molecule has 5 heteroatoms.